The van der Waals surface area contributed by atoms with Crippen molar-refractivity contribution < 1.29 is 14.2 Å². The molecule has 2 aliphatic rings. The molecule has 4 heterocycles. The third-order valence-corrected chi connectivity index (χ3v) is 7.71. The van der Waals surface area contributed by atoms with Crippen LogP contribution in [-0.2, 0) is 17.8 Å². The summed E-state index contributed by atoms with van der Waals surface area (Å²) in [6, 6.07) is 11.9. The van der Waals surface area contributed by atoms with Crippen molar-refractivity contribution in [1.82, 2.24) is 35.0 Å². The maximum absolute atomic E-state index is 13.5. The molecule has 4 aromatic rings. The van der Waals surface area contributed by atoms with Gasteiger partial charge < -0.3 is 19.2 Å². The molecule has 0 saturated carbocycles. The van der Waals surface area contributed by atoms with Crippen molar-refractivity contribution in [3.8, 4) is 11.5 Å². The summed E-state index contributed by atoms with van der Waals surface area (Å²) in [7, 11) is 1.65. The van der Waals surface area contributed by atoms with E-state index in [1.54, 1.807) is 11.8 Å². The van der Waals surface area contributed by atoms with Gasteiger partial charge in [-0.05, 0) is 76.7 Å². The van der Waals surface area contributed by atoms with Crippen molar-refractivity contribution in [2.24, 2.45) is 0 Å². The Morgan fingerprint density at radius 3 is 2.64 bits per heavy atom. The second kappa shape index (κ2) is 10.8. The number of benzene rings is 2. The molecule has 1 atom stereocenters. The van der Waals surface area contributed by atoms with E-state index in [4.69, 9.17) is 14.2 Å². The van der Waals surface area contributed by atoms with E-state index in [1.165, 1.54) is 11.1 Å². The average Bonchev–Trinajstić information content (AvgIpc) is 3.59. The Hall–Kier alpha value is -3.80. The van der Waals surface area contributed by atoms with Gasteiger partial charge >= 0.3 is 0 Å². The van der Waals surface area contributed by atoms with Crippen LogP contribution < -0.4 is 15.0 Å². The van der Waals surface area contributed by atoms with Gasteiger partial charge in [-0.15, -0.1) is 5.10 Å². The molecule has 11 nitrogen and oxygen atoms in total. The first kappa shape index (κ1) is 25.5. The second-order valence-electron chi connectivity index (χ2n) is 10.2. The summed E-state index contributed by atoms with van der Waals surface area (Å²) < 4.78 is 18.0. The number of ether oxygens (including phenoxy) is 3. The van der Waals surface area contributed by atoms with E-state index in [-0.39, 0.29) is 18.4 Å². The van der Waals surface area contributed by atoms with Crippen molar-refractivity contribution in [2.45, 2.75) is 33.0 Å². The lowest BCUT2D eigenvalue weighted by atomic mass is 10.00. The molecule has 2 aliphatic heterocycles. The molecule has 2 aromatic carbocycles. The summed E-state index contributed by atoms with van der Waals surface area (Å²) in [6.45, 7) is 9.41. The number of rotatable bonds is 8. The Kier molecular flexibility index (Phi) is 7.03. The molecule has 0 unspecified atom stereocenters. The van der Waals surface area contributed by atoms with E-state index < -0.39 is 0 Å². The highest BCUT2D eigenvalue weighted by Crippen LogP contribution is 2.33. The largest absolute Gasteiger partial charge is 0.454 e. The van der Waals surface area contributed by atoms with E-state index >= 15 is 0 Å². The fraction of sp³-hybridized carbons (Fsp3) is 0.429. The number of aromatic amines is 1. The van der Waals surface area contributed by atoms with E-state index in [2.05, 4.69) is 62.4 Å². The number of aryl methyl sites for hydroxylation is 2. The van der Waals surface area contributed by atoms with Gasteiger partial charge in [0, 0.05) is 50.9 Å². The van der Waals surface area contributed by atoms with Crippen LogP contribution in [0.2, 0.25) is 0 Å². The van der Waals surface area contributed by atoms with E-state index in [0.29, 0.717) is 24.5 Å². The van der Waals surface area contributed by atoms with Crippen LogP contribution in [-0.4, -0.2) is 81.7 Å². The molecule has 11 heteroatoms. The lowest BCUT2D eigenvalue weighted by Crippen LogP contribution is -2.48. The minimum absolute atomic E-state index is 0.125. The average molecular weight is 532 g/mol. The van der Waals surface area contributed by atoms with Crippen LogP contribution in [0, 0.1) is 13.8 Å². The molecule has 1 fully saturated rings. The van der Waals surface area contributed by atoms with Gasteiger partial charge in [-0.1, -0.05) is 6.07 Å². The summed E-state index contributed by atoms with van der Waals surface area (Å²) in [5.41, 5.74) is 4.86. The summed E-state index contributed by atoms with van der Waals surface area (Å²) in [6.07, 6.45) is 0. The number of piperazine rings is 1. The van der Waals surface area contributed by atoms with Crippen LogP contribution in [0.15, 0.2) is 41.2 Å². The second-order valence-corrected chi connectivity index (χ2v) is 10.2. The molecule has 0 bridgehead atoms. The zero-order chi connectivity index (χ0) is 26.9. The first-order chi connectivity index (χ1) is 19.0. The monoisotopic (exact) mass is 531 g/mol. The Labute approximate surface area is 226 Å². The predicted molar refractivity (Wildman–Crippen MR) is 145 cm³/mol. The maximum atomic E-state index is 13.5. The summed E-state index contributed by atoms with van der Waals surface area (Å²) in [5.74, 6) is 2.24. The van der Waals surface area contributed by atoms with Crippen molar-refractivity contribution in [3.05, 3.63) is 74.8 Å². The topological polar surface area (TPSA) is 111 Å². The molecule has 204 valence electrons. The summed E-state index contributed by atoms with van der Waals surface area (Å²) in [4.78, 5) is 21.4. The van der Waals surface area contributed by atoms with Crippen LogP contribution in [0.3, 0.4) is 0 Å². The molecular formula is C28H33N7O4. The van der Waals surface area contributed by atoms with Crippen LogP contribution in [0.1, 0.15) is 34.1 Å². The van der Waals surface area contributed by atoms with Gasteiger partial charge in [0.05, 0.1) is 13.2 Å². The van der Waals surface area contributed by atoms with Crippen molar-refractivity contribution in [2.75, 3.05) is 46.7 Å². The SMILES string of the molecule is COCCn1nnnc1[C@H](c1cc2cc(C)c(C)cc2[nH]c1=O)N1CCN(Cc2ccc3c(c2)OCO3)CC1. The molecule has 0 amide bonds. The first-order valence-electron chi connectivity index (χ1n) is 13.2. The standard InChI is InChI=1S/C28H33N7O4/c1-18-12-21-15-22(28(36)29-23(21)13-19(18)2)26(27-30-31-32-35(27)10-11-37-3)34-8-6-33(7-9-34)16-20-4-5-24-25(14-20)39-17-38-24/h4-5,12-15,26H,6-11,16-17H2,1-3H3,(H,29,36)/t26-/m0/s1. The number of nitrogens with zero attached hydrogens (tertiary/aromatic N) is 6. The zero-order valence-electron chi connectivity index (χ0n) is 22.5. The number of tetrazole rings is 1. The van der Waals surface area contributed by atoms with E-state index in [0.717, 1.165) is 60.7 Å². The van der Waals surface area contributed by atoms with Crippen molar-refractivity contribution >= 4 is 10.9 Å². The highest BCUT2D eigenvalue weighted by atomic mass is 16.7. The van der Waals surface area contributed by atoms with Gasteiger partial charge in [0.25, 0.3) is 5.56 Å². The minimum atomic E-state index is -0.390. The van der Waals surface area contributed by atoms with Crippen LogP contribution in [0.25, 0.3) is 10.9 Å². The number of hydrogen-bond donors (Lipinski definition) is 1. The third kappa shape index (κ3) is 5.12. The molecule has 1 N–H and O–H groups in total. The number of hydrogen-bond acceptors (Lipinski definition) is 9. The van der Waals surface area contributed by atoms with Crippen LogP contribution >= 0.6 is 0 Å². The van der Waals surface area contributed by atoms with Gasteiger partial charge in [0.15, 0.2) is 17.3 Å². The van der Waals surface area contributed by atoms with Crippen molar-refractivity contribution in [3.63, 3.8) is 0 Å². The summed E-state index contributed by atoms with van der Waals surface area (Å²) >= 11 is 0. The minimum Gasteiger partial charge on any atom is -0.454 e. The molecule has 0 aliphatic carbocycles. The van der Waals surface area contributed by atoms with Gasteiger partial charge in [-0.3, -0.25) is 14.6 Å². The molecule has 0 radical (unpaired) electrons. The number of fused-ring (bicyclic) bond motifs is 2. The van der Waals surface area contributed by atoms with Crippen molar-refractivity contribution in [1.29, 1.82) is 0 Å². The number of nitrogens with one attached hydrogen (secondary N) is 1. The Balaban J connectivity index is 1.29. The lowest BCUT2D eigenvalue weighted by Gasteiger charge is -2.38. The Morgan fingerprint density at radius 1 is 1.03 bits per heavy atom. The smallest absolute Gasteiger partial charge is 0.253 e. The molecule has 39 heavy (non-hydrogen) atoms. The number of H-pyrrole nitrogens is 1. The molecule has 0 spiro atoms. The molecule has 2 aromatic heterocycles. The first-order valence-corrected chi connectivity index (χ1v) is 13.2. The van der Waals surface area contributed by atoms with Crippen LogP contribution in [0.5, 0.6) is 11.5 Å². The number of pyridine rings is 1. The highest BCUT2D eigenvalue weighted by molar-refractivity contribution is 5.81. The molecular weight excluding hydrogens is 498 g/mol. The highest BCUT2D eigenvalue weighted by Gasteiger charge is 2.33. The van der Waals surface area contributed by atoms with Crippen LogP contribution in [0.4, 0.5) is 0 Å². The predicted octanol–water partition coefficient (Wildman–Crippen LogP) is 2.41. The van der Waals surface area contributed by atoms with Gasteiger partial charge in [0.1, 0.15) is 6.04 Å². The quantitative estimate of drug-likeness (QED) is 0.366. The molecule has 1 saturated heterocycles. The lowest BCUT2D eigenvalue weighted by molar-refractivity contribution is 0.0984. The summed E-state index contributed by atoms with van der Waals surface area (Å²) in [5, 5.41) is 13.6. The van der Waals surface area contributed by atoms with Gasteiger partial charge in [-0.25, -0.2) is 4.68 Å². The van der Waals surface area contributed by atoms with E-state index in [1.807, 2.05) is 18.2 Å². The third-order valence-electron chi connectivity index (χ3n) is 7.71. The maximum Gasteiger partial charge on any atom is 0.253 e. The Morgan fingerprint density at radius 2 is 1.82 bits per heavy atom. The number of methoxy groups -OCH3 is 1. The fourth-order valence-corrected chi connectivity index (χ4v) is 5.42. The van der Waals surface area contributed by atoms with Gasteiger partial charge in [-0.2, -0.15) is 0 Å². The number of aromatic nitrogens is 5. The zero-order valence-corrected chi connectivity index (χ0v) is 22.5. The normalized spacial score (nSPS) is 16.7. The Bertz CT molecular complexity index is 1540. The van der Waals surface area contributed by atoms with E-state index in [9.17, 15) is 4.79 Å². The van der Waals surface area contributed by atoms with Gasteiger partial charge in [0.2, 0.25) is 6.79 Å². The fourth-order valence-electron chi connectivity index (χ4n) is 5.42. The molecule has 6 rings (SSSR count).